The summed E-state index contributed by atoms with van der Waals surface area (Å²) in [6.45, 7) is 4.05. The Morgan fingerprint density at radius 1 is 0.968 bits per heavy atom. The number of carbonyl (C=O) groups excluding carboxylic acids is 2. The van der Waals surface area contributed by atoms with Crippen molar-refractivity contribution in [2.24, 2.45) is 5.92 Å². The van der Waals surface area contributed by atoms with Crippen LogP contribution in [0.1, 0.15) is 48.5 Å². The van der Waals surface area contributed by atoms with E-state index >= 15 is 0 Å². The molecule has 158 valence electrons. The Labute approximate surface area is 182 Å². The van der Waals surface area contributed by atoms with Gasteiger partial charge in [0.2, 0.25) is 0 Å². The monoisotopic (exact) mass is 414 g/mol. The molecule has 0 radical (unpaired) electrons. The maximum absolute atomic E-state index is 12.9. The lowest BCUT2D eigenvalue weighted by atomic mass is 9.94. The molecule has 0 saturated heterocycles. The molecule has 0 aliphatic heterocycles. The molecular weight excluding hydrogens is 388 g/mol. The van der Waals surface area contributed by atoms with E-state index in [9.17, 15) is 9.59 Å². The van der Waals surface area contributed by atoms with Crippen molar-refractivity contribution >= 4 is 11.6 Å². The van der Waals surface area contributed by atoms with Crippen molar-refractivity contribution in [2.75, 3.05) is 6.61 Å². The van der Waals surface area contributed by atoms with E-state index in [1.807, 2.05) is 30.3 Å². The number of fused-ring (bicyclic) bond motifs is 1. The molecule has 0 fully saturated rings. The first-order chi connectivity index (χ1) is 14.9. The molecular formula is C27H26O4. The van der Waals surface area contributed by atoms with Crippen LogP contribution in [0.4, 0.5) is 0 Å². The molecule has 0 spiro atoms. The topological polar surface area (TPSA) is 63.6 Å². The molecule has 1 aliphatic rings. The highest BCUT2D eigenvalue weighted by Gasteiger charge is 2.30. The quantitative estimate of drug-likeness (QED) is 0.572. The number of aryl methyl sites for hydroxylation is 2. The van der Waals surface area contributed by atoms with Crippen molar-refractivity contribution < 1.29 is 19.4 Å². The number of aliphatic hydroxyl groups is 1. The Morgan fingerprint density at radius 3 is 2.35 bits per heavy atom. The second kappa shape index (κ2) is 8.86. The van der Waals surface area contributed by atoms with E-state index in [1.54, 1.807) is 12.1 Å². The van der Waals surface area contributed by atoms with Crippen molar-refractivity contribution in [3.63, 3.8) is 0 Å². The molecule has 3 aromatic rings. The van der Waals surface area contributed by atoms with Gasteiger partial charge in [-0.25, -0.2) is 0 Å². The summed E-state index contributed by atoms with van der Waals surface area (Å²) in [4.78, 5) is 24.4. The van der Waals surface area contributed by atoms with Gasteiger partial charge in [-0.05, 0) is 61.6 Å². The van der Waals surface area contributed by atoms with Gasteiger partial charge in [0.1, 0.15) is 19.0 Å². The fourth-order valence-corrected chi connectivity index (χ4v) is 4.33. The van der Waals surface area contributed by atoms with Gasteiger partial charge in [-0.2, -0.15) is 0 Å². The lowest BCUT2D eigenvalue weighted by Crippen LogP contribution is -2.12. The molecule has 0 bridgehead atoms. The van der Waals surface area contributed by atoms with E-state index < -0.39 is 6.61 Å². The minimum Gasteiger partial charge on any atom is -0.489 e. The van der Waals surface area contributed by atoms with E-state index in [1.165, 1.54) is 16.7 Å². The van der Waals surface area contributed by atoms with Gasteiger partial charge in [0.05, 0.1) is 0 Å². The third-order valence-electron chi connectivity index (χ3n) is 5.77. The van der Waals surface area contributed by atoms with Crippen LogP contribution in [-0.4, -0.2) is 23.3 Å². The van der Waals surface area contributed by atoms with Gasteiger partial charge < -0.3 is 9.84 Å². The summed E-state index contributed by atoms with van der Waals surface area (Å²) in [7, 11) is 0. The molecule has 4 nitrogen and oxygen atoms in total. The van der Waals surface area contributed by atoms with Crippen molar-refractivity contribution in [2.45, 2.75) is 33.3 Å². The van der Waals surface area contributed by atoms with Crippen LogP contribution in [0.25, 0.3) is 0 Å². The van der Waals surface area contributed by atoms with Crippen molar-refractivity contribution in [3.8, 4) is 5.75 Å². The molecule has 1 N–H and O–H groups in total. The summed E-state index contributed by atoms with van der Waals surface area (Å²) in [6, 6.07) is 19.2. The van der Waals surface area contributed by atoms with Crippen LogP contribution in [0.3, 0.4) is 0 Å². The maximum Gasteiger partial charge on any atom is 0.188 e. The van der Waals surface area contributed by atoms with E-state index in [2.05, 4.69) is 32.0 Å². The fourth-order valence-electron chi connectivity index (χ4n) is 4.33. The van der Waals surface area contributed by atoms with Crippen LogP contribution in [0.15, 0.2) is 60.7 Å². The Bertz CT molecular complexity index is 1110. The molecule has 3 aromatic carbocycles. The molecule has 31 heavy (non-hydrogen) atoms. The second-order valence-electron chi connectivity index (χ2n) is 8.35. The van der Waals surface area contributed by atoms with E-state index in [-0.39, 0.29) is 17.5 Å². The van der Waals surface area contributed by atoms with Gasteiger partial charge in [-0.1, -0.05) is 53.6 Å². The highest BCUT2D eigenvalue weighted by Crippen LogP contribution is 2.32. The number of aliphatic hydroxyl groups excluding tert-OH is 1. The zero-order valence-corrected chi connectivity index (χ0v) is 17.9. The van der Waals surface area contributed by atoms with Crippen LogP contribution in [0.5, 0.6) is 5.75 Å². The lowest BCUT2D eigenvalue weighted by Gasteiger charge is -2.10. The molecule has 0 saturated carbocycles. The Kier molecular flexibility index (Phi) is 6.01. The zero-order valence-electron chi connectivity index (χ0n) is 17.9. The summed E-state index contributed by atoms with van der Waals surface area (Å²) in [6.07, 6.45) is 1.49. The molecule has 0 aromatic heterocycles. The highest BCUT2D eigenvalue weighted by molar-refractivity contribution is 6.02. The van der Waals surface area contributed by atoms with E-state index in [0.717, 1.165) is 35.3 Å². The smallest absolute Gasteiger partial charge is 0.188 e. The van der Waals surface area contributed by atoms with Gasteiger partial charge in [0.25, 0.3) is 0 Å². The SMILES string of the molecule is Cc1cc(C)cc(CC2Cc3cc(OCc4ccc(C(=O)CO)cc4)ccc3C2=O)c1. The average Bonchev–Trinajstić information content (AvgIpc) is 3.06. The van der Waals surface area contributed by atoms with Crippen molar-refractivity contribution in [3.05, 3.63) is 99.6 Å². The average molecular weight is 415 g/mol. The first kappa shape index (κ1) is 21.0. The number of ketones is 2. The van der Waals surface area contributed by atoms with E-state index in [0.29, 0.717) is 12.2 Å². The van der Waals surface area contributed by atoms with Gasteiger partial charge in [0, 0.05) is 17.0 Å². The third-order valence-corrected chi connectivity index (χ3v) is 5.77. The van der Waals surface area contributed by atoms with Crippen LogP contribution in [0, 0.1) is 19.8 Å². The number of rotatable bonds is 7. The van der Waals surface area contributed by atoms with Crippen molar-refractivity contribution in [1.29, 1.82) is 0 Å². The van der Waals surface area contributed by atoms with Gasteiger partial charge in [-0.3, -0.25) is 9.59 Å². The first-order valence-corrected chi connectivity index (χ1v) is 10.5. The summed E-state index contributed by atoms with van der Waals surface area (Å²) in [5.74, 6) is 0.619. The van der Waals surface area contributed by atoms with Gasteiger partial charge in [0.15, 0.2) is 11.6 Å². The van der Waals surface area contributed by atoms with Gasteiger partial charge >= 0.3 is 0 Å². The molecule has 1 aliphatic carbocycles. The normalized spacial score (nSPS) is 15.1. The largest absolute Gasteiger partial charge is 0.489 e. The number of hydrogen-bond donors (Lipinski definition) is 1. The maximum atomic E-state index is 12.9. The third kappa shape index (κ3) is 4.75. The first-order valence-electron chi connectivity index (χ1n) is 10.5. The Hall–Kier alpha value is -3.24. The molecule has 0 heterocycles. The number of benzene rings is 3. The predicted molar refractivity (Wildman–Crippen MR) is 120 cm³/mol. The molecule has 1 atom stereocenters. The summed E-state index contributed by atoms with van der Waals surface area (Å²) >= 11 is 0. The highest BCUT2D eigenvalue weighted by atomic mass is 16.5. The lowest BCUT2D eigenvalue weighted by molar-refractivity contribution is 0.0902. The van der Waals surface area contributed by atoms with Gasteiger partial charge in [-0.15, -0.1) is 0 Å². The Morgan fingerprint density at radius 2 is 1.68 bits per heavy atom. The van der Waals surface area contributed by atoms with Crippen LogP contribution in [0.2, 0.25) is 0 Å². The molecule has 4 heteroatoms. The molecule has 1 unspecified atom stereocenters. The minimum atomic E-state index is -0.492. The Balaban J connectivity index is 1.41. The van der Waals surface area contributed by atoms with Crippen LogP contribution < -0.4 is 4.74 Å². The fraction of sp³-hybridized carbons (Fsp3) is 0.259. The number of ether oxygens (including phenoxy) is 1. The van der Waals surface area contributed by atoms with Crippen LogP contribution in [-0.2, 0) is 19.4 Å². The summed E-state index contributed by atoms with van der Waals surface area (Å²) in [5.41, 5.74) is 6.92. The summed E-state index contributed by atoms with van der Waals surface area (Å²) in [5, 5.41) is 8.93. The van der Waals surface area contributed by atoms with Crippen LogP contribution >= 0.6 is 0 Å². The second-order valence-corrected chi connectivity index (χ2v) is 8.35. The number of hydrogen-bond acceptors (Lipinski definition) is 4. The number of carbonyl (C=O) groups is 2. The minimum absolute atomic E-state index is 0.0249. The standard InChI is InChI=1S/C27H26O4/c1-17-9-18(2)11-20(10-17)12-23-13-22-14-24(7-8-25(22)27(23)30)31-16-19-3-5-21(6-4-19)26(29)15-28/h3-11,14,23,28H,12-13,15-16H2,1-2H3. The molecule has 4 rings (SSSR count). The van der Waals surface area contributed by atoms with Crippen molar-refractivity contribution in [1.82, 2.24) is 0 Å². The summed E-state index contributed by atoms with van der Waals surface area (Å²) < 4.78 is 5.92. The predicted octanol–water partition coefficient (Wildman–Crippen LogP) is 4.66. The molecule has 0 amide bonds. The zero-order chi connectivity index (χ0) is 22.0. The van der Waals surface area contributed by atoms with E-state index in [4.69, 9.17) is 9.84 Å². The number of Topliss-reactive ketones (excluding diaryl/α,β-unsaturated/α-hetero) is 2.